The lowest BCUT2D eigenvalue weighted by Gasteiger charge is -2.12. The molecule has 0 aromatic heterocycles. The molecule has 0 aliphatic rings. The Bertz CT molecular complexity index is 133. The second-order valence-electron chi connectivity index (χ2n) is 3.58. The van der Waals surface area contributed by atoms with E-state index < -0.39 is 6.10 Å². The maximum Gasteiger partial charge on any atom is 0.0897 e. The largest absolute Gasteiger partial charge is 0.395 e. The Morgan fingerprint density at radius 1 is 1.27 bits per heavy atom. The van der Waals surface area contributed by atoms with Gasteiger partial charge in [-0.15, -0.1) is 0 Å². The Hall–Kier alpha value is -0.200. The van der Waals surface area contributed by atoms with Gasteiger partial charge < -0.3 is 25.0 Å². The number of rotatable bonds is 10. The van der Waals surface area contributed by atoms with Gasteiger partial charge in [-0.05, 0) is 13.8 Å². The van der Waals surface area contributed by atoms with Crippen LogP contribution >= 0.6 is 0 Å². The van der Waals surface area contributed by atoms with Crippen LogP contribution in [0.2, 0.25) is 0 Å². The van der Waals surface area contributed by atoms with E-state index in [1.165, 1.54) is 0 Å². The first-order valence-corrected chi connectivity index (χ1v) is 5.35. The molecule has 0 bridgehead atoms. The Kier molecular flexibility index (Phi) is 10.2. The summed E-state index contributed by atoms with van der Waals surface area (Å²) in [6.45, 7) is 6.28. The number of ether oxygens (including phenoxy) is 2. The molecule has 0 aromatic rings. The molecule has 0 aliphatic heterocycles. The predicted octanol–water partition coefficient (Wildman–Crippen LogP) is -0.629. The summed E-state index contributed by atoms with van der Waals surface area (Å²) in [5, 5.41) is 20.7. The first-order valence-electron chi connectivity index (χ1n) is 5.35. The van der Waals surface area contributed by atoms with Crippen molar-refractivity contribution in [2.24, 2.45) is 0 Å². The van der Waals surface area contributed by atoms with Gasteiger partial charge in [-0.2, -0.15) is 0 Å². The SMILES string of the molecule is CC(C)OCCOCC(O)CNCCO. The third-order valence-electron chi connectivity index (χ3n) is 1.66. The number of aliphatic hydroxyl groups excluding tert-OH is 2. The smallest absolute Gasteiger partial charge is 0.0897 e. The summed E-state index contributed by atoms with van der Waals surface area (Å²) in [4.78, 5) is 0. The Balaban J connectivity index is 3.13. The summed E-state index contributed by atoms with van der Waals surface area (Å²) >= 11 is 0. The second kappa shape index (κ2) is 10.3. The molecule has 3 N–H and O–H groups in total. The third kappa shape index (κ3) is 11.7. The fourth-order valence-electron chi connectivity index (χ4n) is 0.969. The molecule has 1 atom stereocenters. The van der Waals surface area contributed by atoms with E-state index in [9.17, 15) is 5.11 Å². The molecule has 1 unspecified atom stereocenters. The van der Waals surface area contributed by atoms with Crippen LogP contribution in [0.4, 0.5) is 0 Å². The summed E-state index contributed by atoms with van der Waals surface area (Å²) in [5.74, 6) is 0. The molecule has 0 amide bonds. The lowest BCUT2D eigenvalue weighted by atomic mass is 10.4. The Morgan fingerprint density at radius 3 is 2.60 bits per heavy atom. The zero-order valence-corrected chi connectivity index (χ0v) is 9.61. The first kappa shape index (κ1) is 14.8. The van der Waals surface area contributed by atoms with Crippen molar-refractivity contribution < 1.29 is 19.7 Å². The topological polar surface area (TPSA) is 71.0 Å². The number of hydrogen-bond donors (Lipinski definition) is 3. The van der Waals surface area contributed by atoms with Crippen molar-refractivity contribution in [3.8, 4) is 0 Å². The van der Waals surface area contributed by atoms with Crippen molar-refractivity contribution in [3.63, 3.8) is 0 Å². The molecule has 15 heavy (non-hydrogen) atoms. The summed E-state index contributed by atoms with van der Waals surface area (Å²) in [7, 11) is 0. The molecule has 5 nitrogen and oxygen atoms in total. The summed E-state index contributed by atoms with van der Waals surface area (Å²) in [6, 6.07) is 0. The Labute approximate surface area is 91.4 Å². The van der Waals surface area contributed by atoms with Gasteiger partial charge in [0.15, 0.2) is 0 Å². The molecule has 92 valence electrons. The summed E-state index contributed by atoms with van der Waals surface area (Å²) in [6.07, 6.45) is -0.319. The molecule has 0 radical (unpaired) electrons. The number of aliphatic hydroxyl groups is 2. The summed E-state index contributed by atoms with van der Waals surface area (Å²) < 4.78 is 10.5. The summed E-state index contributed by atoms with van der Waals surface area (Å²) in [5.41, 5.74) is 0. The molecule has 0 rings (SSSR count). The van der Waals surface area contributed by atoms with Crippen LogP contribution in [0.15, 0.2) is 0 Å². The fourth-order valence-corrected chi connectivity index (χ4v) is 0.969. The highest BCUT2D eigenvalue weighted by Crippen LogP contribution is 1.89. The number of hydrogen-bond acceptors (Lipinski definition) is 5. The minimum absolute atomic E-state index is 0.0792. The zero-order valence-electron chi connectivity index (χ0n) is 9.61. The van der Waals surface area contributed by atoms with Gasteiger partial charge in [0.2, 0.25) is 0 Å². The monoisotopic (exact) mass is 221 g/mol. The highest BCUT2D eigenvalue weighted by Gasteiger charge is 2.03. The second-order valence-corrected chi connectivity index (χ2v) is 3.58. The molecule has 0 spiro atoms. The van der Waals surface area contributed by atoms with Crippen molar-refractivity contribution in [1.82, 2.24) is 5.32 Å². The van der Waals surface area contributed by atoms with Gasteiger partial charge in [-0.1, -0.05) is 0 Å². The molecule has 0 aromatic carbocycles. The highest BCUT2D eigenvalue weighted by molar-refractivity contribution is 4.57. The molecular formula is C10H23NO4. The van der Waals surface area contributed by atoms with Crippen LogP contribution in [0.5, 0.6) is 0 Å². The van der Waals surface area contributed by atoms with Crippen molar-refractivity contribution >= 4 is 0 Å². The van der Waals surface area contributed by atoms with Crippen LogP contribution in [-0.4, -0.2) is 61.9 Å². The highest BCUT2D eigenvalue weighted by atomic mass is 16.5. The van der Waals surface area contributed by atoms with Gasteiger partial charge in [0.25, 0.3) is 0 Å². The van der Waals surface area contributed by atoms with E-state index in [0.29, 0.717) is 32.9 Å². The van der Waals surface area contributed by atoms with Crippen LogP contribution in [0, 0.1) is 0 Å². The lowest BCUT2D eigenvalue weighted by molar-refractivity contribution is -0.0101. The molecule has 5 heteroatoms. The fraction of sp³-hybridized carbons (Fsp3) is 1.00. The van der Waals surface area contributed by atoms with E-state index >= 15 is 0 Å². The van der Waals surface area contributed by atoms with E-state index in [4.69, 9.17) is 14.6 Å². The van der Waals surface area contributed by atoms with E-state index in [-0.39, 0.29) is 12.7 Å². The molecule has 0 fully saturated rings. The minimum Gasteiger partial charge on any atom is -0.395 e. The van der Waals surface area contributed by atoms with Crippen LogP contribution in [0.25, 0.3) is 0 Å². The van der Waals surface area contributed by atoms with Gasteiger partial charge in [-0.3, -0.25) is 0 Å². The van der Waals surface area contributed by atoms with Crippen molar-refractivity contribution in [2.45, 2.75) is 26.1 Å². The van der Waals surface area contributed by atoms with E-state index in [1.54, 1.807) is 0 Å². The quantitative estimate of drug-likeness (QED) is 0.429. The predicted molar refractivity (Wildman–Crippen MR) is 57.9 cm³/mol. The minimum atomic E-state index is -0.532. The van der Waals surface area contributed by atoms with Gasteiger partial charge in [0.05, 0.1) is 38.6 Å². The molecule has 0 saturated carbocycles. The average Bonchev–Trinajstić information content (AvgIpc) is 2.17. The van der Waals surface area contributed by atoms with Gasteiger partial charge in [-0.25, -0.2) is 0 Å². The van der Waals surface area contributed by atoms with E-state index in [1.807, 2.05) is 13.8 Å². The van der Waals surface area contributed by atoms with Crippen LogP contribution in [0.3, 0.4) is 0 Å². The normalized spacial score (nSPS) is 13.4. The molecule has 0 heterocycles. The van der Waals surface area contributed by atoms with Gasteiger partial charge in [0, 0.05) is 13.1 Å². The van der Waals surface area contributed by atoms with Crippen molar-refractivity contribution in [2.75, 3.05) is 39.5 Å². The first-order chi connectivity index (χ1) is 7.16. The third-order valence-corrected chi connectivity index (χ3v) is 1.66. The van der Waals surface area contributed by atoms with Crippen molar-refractivity contribution in [1.29, 1.82) is 0 Å². The lowest BCUT2D eigenvalue weighted by Crippen LogP contribution is -2.32. The zero-order chi connectivity index (χ0) is 11.5. The van der Waals surface area contributed by atoms with Gasteiger partial charge >= 0.3 is 0 Å². The van der Waals surface area contributed by atoms with Crippen molar-refractivity contribution in [3.05, 3.63) is 0 Å². The van der Waals surface area contributed by atoms with Crippen LogP contribution < -0.4 is 5.32 Å². The average molecular weight is 221 g/mol. The molecule has 0 saturated heterocycles. The number of nitrogens with one attached hydrogen (secondary N) is 1. The molecule has 0 aliphatic carbocycles. The standard InChI is InChI=1S/C10H23NO4/c1-9(2)15-6-5-14-8-10(13)7-11-3-4-12/h9-13H,3-8H2,1-2H3. The van der Waals surface area contributed by atoms with E-state index in [0.717, 1.165) is 0 Å². The maximum atomic E-state index is 9.37. The Morgan fingerprint density at radius 2 is 2.00 bits per heavy atom. The van der Waals surface area contributed by atoms with Crippen LogP contribution in [-0.2, 0) is 9.47 Å². The van der Waals surface area contributed by atoms with E-state index in [2.05, 4.69) is 5.32 Å². The molecular weight excluding hydrogens is 198 g/mol. The maximum absolute atomic E-state index is 9.37. The van der Waals surface area contributed by atoms with Gasteiger partial charge in [0.1, 0.15) is 0 Å². The van der Waals surface area contributed by atoms with Crippen LogP contribution in [0.1, 0.15) is 13.8 Å².